The molecule has 1 aliphatic rings. The Bertz CT molecular complexity index is 317. The van der Waals surface area contributed by atoms with Gasteiger partial charge in [0, 0.05) is 6.54 Å². The second-order valence-electron chi connectivity index (χ2n) is 5.82. The van der Waals surface area contributed by atoms with Gasteiger partial charge < -0.3 is 15.7 Å². The first-order chi connectivity index (χ1) is 8.35. The van der Waals surface area contributed by atoms with Crippen LogP contribution in [0, 0.1) is 11.8 Å². The van der Waals surface area contributed by atoms with Crippen LogP contribution in [0.3, 0.4) is 0 Å². The number of amides is 2. The first-order valence-corrected chi connectivity index (χ1v) is 6.65. The molecule has 1 saturated carbocycles. The van der Waals surface area contributed by atoms with Crippen LogP contribution < -0.4 is 10.6 Å². The van der Waals surface area contributed by atoms with E-state index in [1.165, 1.54) is 0 Å². The van der Waals surface area contributed by atoms with E-state index in [4.69, 9.17) is 0 Å². The summed E-state index contributed by atoms with van der Waals surface area (Å²) < 4.78 is 0. The summed E-state index contributed by atoms with van der Waals surface area (Å²) in [6, 6.07) is -0.375. The van der Waals surface area contributed by atoms with Gasteiger partial charge in [-0.3, -0.25) is 0 Å². The Hall–Kier alpha value is -1.26. The Morgan fingerprint density at radius 1 is 1.44 bits per heavy atom. The molecule has 2 unspecified atom stereocenters. The lowest BCUT2D eigenvalue weighted by Gasteiger charge is -2.37. The van der Waals surface area contributed by atoms with Crippen molar-refractivity contribution in [3.05, 3.63) is 0 Å². The van der Waals surface area contributed by atoms with Gasteiger partial charge in [-0.05, 0) is 24.7 Å². The minimum absolute atomic E-state index is 0.334. The number of rotatable bonds is 4. The number of carbonyl (C=O) groups excluding carboxylic acids is 1. The summed E-state index contributed by atoms with van der Waals surface area (Å²) in [6.45, 7) is 6.58. The molecule has 0 aliphatic heterocycles. The van der Waals surface area contributed by atoms with Crippen LogP contribution in [-0.2, 0) is 4.79 Å². The second kappa shape index (κ2) is 6.07. The summed E-state index contributed by atoms with van der Waals surface area (Å²) >= 11 is 0. The quantitative estimate of drug-likeness (QED) is 0.719. The van der Waals surface area contributed by atoms with Gasteiger partial charge in [-0.2, -0.15) is 0 Å². The summed E-state index contributed by atoms with van der Waals surface area (Å²) in [4.78, 5) is 23.2. The number of nitrogens with one attached hydrogen (secondary N) is 2. The third kappa shape index (κ3) is 3.89. The predicted molar refractivity (Wildman–Crippen MR) is 69.4 cm³/mol. The minimum Gasteiger partial charge on any atom is -0.480 e. The molecule has 2 atom stereocenters. The molecule has 2 amide bonds. The summed E-state index contributed by atoms with van der Waals surface area (Å²) in [5.74, 6) is -0.240. The van der Waals surface area contributed by atoms with Gasteiger partial charge in [0.15, 0.2) is 0 Å². The molecule has 18 heavy (non-hydrogen) atoms. The molecule has 0 radical (unpaired) electrons. The third-order valence-corrected chi connectivity index (χ3v) is 3.43. The van der Waals surface area contributed by atoms with Crippen molar-refractivity contribution in [1.29, 1.82) is 0 Å². The Morgan fingerprint density at radius 2 is 2.11 bits per heavy atom. The van der Waals surface area contributed by atoms with Crippen LogP contribution in [0.2, 0.25) is 0 Å². The molecule has 1 aliphatic carbocycles. The van der Waals surface area contributed by atoms with Crippen molar-refractivity contribution in [2.75, 3.05) is 6.54 Å². The molecular formula is C13H24N2O3. The van der Waals surface area contributed by atoms with Crippen molar-refractivity contribution in [2.24, 2.45) is 11.8 Å². The largest absolute Gasteiger partial charge is 0.480 e. The molecule has 1 fully saturated rings. The number of hydrogen-bond donors (Lipinski definition) is 3. The average molecular weight is 256 g/mol. The molecule has 0 spiro atoms. The molecule has 0 heterocycles. The van der Waals surface area contributed by atoms with Gasteiger partial charge in [-0.25, -0.2) is 9.59 Å². The van der Waals surface area contributed by atoms with Crippen LogP contribution in [0.25, 0.3) is 0 Å². The summed E-state index contributed by atoms with van der Waals surface area (Å²) in [6.07, 6.45) is 2.90. The summed E-state index contributed by atoms with van der Waals surface area (Å²) in [5, 5.41) is 14.8. The van der Waals surface area contributed by atoms with Crippen molar-refractivity contribution < 1.29 is 14.7 Å². The normalized spacial score (nSPS) is 27.9. The van der Waals surface area contributed by atoms with Gasteiger partial charge in [-0.1, -0.05) is 33.6 Å². The van der Waals surface area contributed by atoms with E-state index in [2.05, 4.69) is 10.6 Å². The van der Waals surface area contributed by atoms with Crippen molar-refractivity contribution in [3.63, 3.8) is 0 Å². The zero-order chi connectivity index (χ0) is 13.8. The molecule has 0 saturated heterocycles. The monoisotopic (exact) mass is 256 g/mol. The maximum absolute atomic E-state index is 11.7. The van der Waals surface area contributed by atoms with Crippen LogP contribution in [0.15, 0.2) is 0 Å². The van der Waals surface area contributed by atoms with Crippen LogP contribution in [0.4, 0.5) is 4.79 Å². The molecular weight excluding hydrogens is 232 g/mol. The van der Waals surface area contributed by atoms with Gasteiger partial charge in [0.05, 0.1) is 0 Å². The fourth-order valence-corrected chi connectivity index (χ4v) is 2.47. The van der Waals surface area contributed by atoms with E-state index in [-0.39, 0.29) is 6.03 Å². The zero-order valence-corrected chi connectivity index (χ0v) is 11.5. The maximum Gasteiger partial charge on any atom is 0.329 e. The highest BCUT2D eigenvalue weighted by Crippen LogP contribution is 2.32. The number of carboxylic acids is 1. The van der Waals surface area contributed by atoms with Crippen LogP contribution in [0.1, 0.15) is 46.5 Å². The maximum atomic E-state index is 11.7. The molecule has 1 rings (SSSR count). The zero-order valence-electron chi connectivity index (χ0n) is 11.5. The van der Waals surface area contributed by atoms with E-state index in [0.29, 0.717) is 31.2 Å². The second-order valence-corrected chi connectivity index (χ2v) is 5.82. The molecule has 104 valence electrons. The summed E-state index contributed by atoms with van der Waals surface area (Å²) in [7, 11) is 0. The number of carbonyl (C=O) groups is 2. The lowest BCUT2D eigenvalue weighted by molar-refractivity contribution is -0.146. The third-order valence-electron chi connectivity index (χ3n) is 3.43. The SMILES string of the molecule is CC(C)CNC(=O)NC1(C(=O)O)CCCC(C)C1. The van der Waals surface area contributed by atoms with E-state index < -0.39 is 11.5 Å². The smallest absolute Gasteiger partial charge is 0.329 e. The van der Waals surface area contributed by atoms with Crippen molar-refractivity contribution >= 4 is 12.0 Å². The van der Waals surface area contributed by atoms with Gasteiger partial charge in [0.1, 0.15) is 5.54 Å². The minimum atomic E-state index is -1.08. The molecule has 0 aromatic carbocycles. The Labute approximate surface area is 108 Å². The van der Waals surface area contributed by atoms with E-state index in [1.807, 2.05) is 20.8 Å². The van der Waals surface area contributed by atoms with Gasteiger partial charge in [-0.15, -0.1) is 0 Å². The lowest BCUT2D eigenvalue weighted by atomic mass is 9.76. The van der Waals surface area contributed by atoms with Gasteiger partial charge in [0.2, 0.25) is 0 Å². The van der Waals surface area contributed by atoms with Crippen LogP contribution in [0.5, 0.6) is 0 Å². The predicted octanol–water partition coefficient (Wildman–Crippen LogP) is 1.98. The fraction of sp³-hybridized carbons (Fsp3) is 0.846. The molecule has 0 aromatic rings. The van der Waals surface area contributed by atoms with Crippen LogP contribution in [-0.4, -0.2) is 29.2 Å². The molecule has 3 N–H and O–H groups in total. The lowest BCUT2D eigenvalue weighted by Crippen LogP contribution is -2.59. The van der Waals surface area contributed by atoms with Crippen molar-refractivity contribution in [3.8, 4) is 0 Å². The van der Waals surface area contributed by atoms with E-state index >= 15 is 0 Å². The number of hydrogen-bond acceptors (Lipinski definition) is 2. The first-order valence-electron chi connectivity index (χ1n) is 6.65. The highest BCUT2D eigenvalue weighted by Gasteiger charge is 2.43. The van der Waals surface area contributed by atoms with Gasteiger partial charge in [0.25, 0.3) is 0 Å². The molecule has 5 heteroatoms. The van der Waals surface area contributed by atoms with Gasteiger partial charge >= 0.3 is 12.0 Å². The highest BCUT2D eigenvalue weighted by molar-refractivity contribution is 5.86. The topological polar surface area (TPSA) is 78.4 Å². The van der Waals surface area contributed by atoms with Crippen molar-refractivity contribution in [1.82, 2.24) is 10.6 Å². The Morgan fingerprint density at radius 3 is 2.61 bits per heavy atom. The number of urea groups is 1. The summed E-state index contributed by atoms with van der Waals surface area (Å²) in [5.41, 5.74) is -1.08. The number of carboxylic acid groups (broad SMARTS) is 1. The van der Waals surface area contributed by atoms with E-state index in [0.717, 1.165) is 12.8 Å². The molecule has 0 aromatic heterocycles. The van der Waals surface area contributed by atoms with E-state index in [1.54, 1.807) is 0 Å². The highest BCUT2D eigenvalue weighted by atomic mass is 16.4. The standard InChI is InChI=1S/C13H24N2O3/c1-9(2)8-14-12(18)15-13(11(16)17)6-4-5-10(3)7-13/h9-10H,4-8H2,1-3H3,(H,16,17)(H2,14,15,18). The number of aliphatic carboxylic acids is 1. The van der Waals surface area contributed by atoms with Crippen LogP contribution >= 0.6 is 0 Å². The first kappa shape index (κ1) is 14.8. The Kier molecular flexibility index (Phi) is 4.99. The Balaban J connectivity index is 2.62. The average Bonchev–Trinajstić information content (AvgIpc) is 2.26. The molecule has 5 nitrogen and oxygen atoms in total. The van der Waals surface area contributed by atoms with E-state index in [9.17, 15) is 14.7 Å². The van der Waals surface area contributed by atoms with Crippen molar-refractivity contribution in [2.45, 2.75) is 52.0 Å². The fourth-order valence-electron chi connectivity index (χ4n) is 2.47. The molecule has 0 bridgehead atoms.